The average molecular weight is 328 g/mol. The summed E-state index contributed by atoms with van der Waals surface area (Å²) in [6.07, 6.45) is -0.0490. The first-order valence-corrected chi connectivity index (χ1v) is 7.22. The highest BCUT2D eigenvalue weighted by Gasteiger charge is 2.20. The maximum atomic E-state index is 12.2. The summed E-state index contributed by atoms with van der Waals surface area (Å²) in [5.74, 6) is -0.380. The maximum absolute atomic E-state index is 12.2. The Kier molecular flexibility index (Phi) is 5.62. The van der Waals surface area contributed by atoms with Crippen LogP contribution in [0.4, 0.5) is 5.69 Å². The number of nitro groups is 1. The van der Waals surface area contributed by atoms with Crippen LogP contribution >= 0.6 is 0 Å². The number of Topliss-reactive ketones (excluding diaryl/α,β-unsaturated/α-hetero) is 1. The number of benzene rings is 2. The Morgan fingerprint density at radius 3 is 2.50 bits per heavy atom. The highest BCUT2D eigenvalue weighted by atomic mass is 16.6. The number of amides is 1. The Bertz CT molecular complexity index is 759. The molecule has 1 amide bonds. The van der Waals surface area contributed by atoms with Crippen molar-refractivity contribution in [3.05, 3.63) is 69.8 Å². The minimum atomic E-state index is -0.616. The molecule has 24 heavy (non-hydrogen) atoms. The Labute approximate surface area is 138 Å². The molecule has 0 heterocycles. The summed E-state index contributed by atoms with van der Waals surface area (Å²) in [5.41, 5.74) is 0.167. The van der Waals surface area contributed by atoms with Crippen molar-refractivity contribution >= 4 is 17.4 Å². The van der Waals surface area contributed by atoms with Crippen molar-refractivity contribution in [2.24, 2.45) is 0 Å². The molecule has 2 aromatic carbocycles. The van der Waals surface area contributed by atoms with Gasteiger partial charge in [-0.25, -0.2) is 0 Å². The van der Waals surface area contributed by atoms with Crippen LogP contribution < -0.4 is 10.1 Å². The summed E-state index contributed by atoms with van der Waals surface area (Å²) in [5, 5.41) is 13.7. The second-order valence-corrected chi connectivity index (χ2v) is 4.94. The third-order valence-corrected chi connectivity index (χ3v) is 3.37. The van der Waals surface area contributed by atoms with Crippen molar-refractivity contribution in [1.29, 1.82) is 0 Å². The van der Waals surface area contributed by atoms with Gasteiger partial charge in [-0.05, 0) is 24.3 Å². The van der Waals surface area contributed by atoms with Gasteiger partial charge >= 0.3 is 0 Å². The Balaban J connectivity index is 2.02. The molecule has 124 valence electrons. The SMILES string of the molecule is COc1ccc([N+](=O)[O-])c(C(=O)CCNC(=O)c2ccccc2)c1. The number of rotatable bonds is 7. The molecule has 0 spiro atoms. The van der Waals surface area contributed by atoms with E-state index in [0.29, 0.717) is 11.3 Å². The molecular weight excluding hydrogens is 312 g/mol. The normalized spacial score (nSPS) is 10.0. The number of ketones is 1. The van der Waals surface area contributed by atoms with E-state index in [4.69, 9.17) is 4.74 Å². The Hall–Kier alpha value is -3.22. The van der Waals surface area contributed by atoms with Crippen LogP contribution in [0.25, 0.3) is 0 Å². The van der Waals surface area contributed by atoms with Crippen molar-refractivity contribution in [1.82, 2.24) is 5.32 Å². The van der Waals surface area contributed by atoms with E-state index in [1.807, 2.05) is 0 Å². The average Bonchev–Trinajstić information content (AvgIpc) is 2.61. The third-order valence-electron chi connectivity index (χ3n) is 3.37. The fraction of sp³-hybridized carbons (Fsp3) is 0.176. The smallest absolute Gasteiger partial charge is 0.280 e. The number of methoxy groups -OCH3 is 1. The standard InChI is InChI=1S/C17H16N2O5/c1-24-13-7-8-15(19(22)23)14(11-13)16(20)9-10-18-17(21)12-5-3-2-4-6-12/h2-8,11H,9-10H2,1H3,(H,18,21). The van der Waals surface area contributed by atoms with Crippen LogP contribution in [0.2, 0.25) is 0 Å². The lowest BCUT2D eigenvalue weighted by Gasteiger charge is -2.07. The number of hydrogen-bond acceptors (Lipinski definition) is 5. The molecular formula is C17H16N2O5. The lowest BCUT2D eigenvalue weighted by Crippen LogP contribution is -2.26. The van der Waals surface area contributed by atoms with Gasteiger partial charge in [-0.1, -0.05) is 18.2 Å². The monoisotopic (exact) mass is 328 g/mol. The van der Waals surface area contributed by atoms with E-state index in [-0.39, 0.29) is 30.1 Å². The summed E-state index contributed by atoms with van der Waals surface area (Å²) in [4.78, 5) is 34.6. The molecule has 2 rings (SSSR count). The van der Waals surface area contributed by atoms with Crippen molar-refractivity contribution in [2.45, 2.75) is 6.42 Å². The molecule has 0 radical (unpaired) electrons. The number of nitrogens with one attached hydrogen (secondary N) is 1. The summed E-state index contributed by atoms with van der Waals surface area (Å²) >= 11 is 0. The fourth-order valence-corrected chi connectivity index (χ4v) is 2.14. The third kappa shape index (κ3) is 4.16. The zero-order chi connectivity index (χ0) is 17.5. The number of ether oxygens (including phenoxy) is 1. The number of carbonyl (C=O) groups excluding carboxylic acids is 2. The second-order valence-electron chi connectivity index (χ2n) is 4.94. The second kappa shape index (κ2) is 7.87. The molecule has 0 saturated heterocycles. The van der Waals surface area contributed by atoms with E-state index in [9.17, 15) is 19.7 Å². The highest BCUT2D eigenvalue weighted by molar-refractivity contribution is 6.01. The van der Waals surface area contributed by atoms with Gasteiger partial charge in [0.25, 0.3) is 11.6 Å². The quantitative estimate of drug-likeness (QED) is 0.478. The zero-order valence-corrected chi connectivity index (χ0v) is 13.0. The number of hydrogen-bond donors (Lipinski definition) is 1. The number of carbonyl (C=O) groups is 2. The van der Waals surface area contributed by atoms with E-state index >= 15 is 0 Å². The summed E-state index contributed by atoms with van der Waals surface area (Å²) in [7, 11) is 1.41. The molecule has 7 nitrogen and oxygen atoms in total. The fourth-order valence-electron chi connectivity index (χ4n) is 2.14. The highest BCUT2D eigenvalue weighted by Crippen LogP contribution is 2.25. The molecule has 0 aromatic heterocycles. The van der Waals surface area contributed by atoms with E-state index in [0.717, 1.165) is 0 Å². The minimum Gasteiger partial charge on any atom is -0.497 e. The largest absolute Gasteiger partial charge is 0.497 e. The van der Waals surface area contributed by atoms with E-state index in [2.05, 4.69) is 5.32 Å². The molecule has 0 saturated carbocycles. The van der Waals surface area contributed by atoms with E-state index < -0.39 is 10.7 Å². The van der Waals surface area contributed by atoms with Gasteiger partial charge in [0.05, 0.1) is 17.6 Å². The lowest BCUT2D eigenvalue weighted by molar-refractivity contribution is -0.385. The lowest BCUT2D eigenvalue weighted by atomic mass is 10.1. The van der Waals surface area contributed by atoms with Gasteiger partial charge < -0.3 is 10.1 Å². The molecule has 0 fully saturated rings. The predicted molar refractivity (Wildman–Crippen MR) is 87.4 cm³/mol. The predicted octanol–water partition coefficient (Wildman–Crippen LogP) is 2.61. The van der Waals surface area contributed by atoms with Gasteiger partial charge in [0.15, 0.2) is 5.78 Å². The summed E-state index contributed by atoms with van der Waals surface area (Å²) in [6, 6.07) is 12.6. The summed E-state index contributed by atoms with van der Waals surface area (Å²) in [6.45, 7) is 0.0843. The first kappa shape index (κ1) is 17.1. The van der Waals surface area contributed by atoms with Gasteiger partial charge in [0, 0.05) is 24.6 Å². The van der Waals surface area contributed by atoms with Crippen molar-refractivity contribution in [3.63, 3.8) is 0 Å². The molecule has 0 aliphatic rings. The van der Waals surface area contributed by atoms with E-state index in [1.165, 1.54) is 25.3 Å². The first-order chi connectivity index (χ1) is 11.5. The van der Waals surface area contributed by atoms with Crippen molar-refractivity contribution in [3.8, 4) is 5.75 Å². The van der Waals surface area contributed by atoms with Crippen LogP contribution in [0.15, 0.2) is 48.5 Å². The Morgan fingerprint density at radius 1 is 1.17 bits per heavy atom. The van der Waals surface area contributed by atoms with Crippen LogP contribution in [0.1, 0.15) is 27.1 Å². The van der Waals surface area contributed by atoms with Crippen LogP contribution in [0, 0.1) is 10.1 Å². The van der Waals surface area contributed by atoms with E-state index in [1.54, 1.807) is 30.3 Å². The molecule has 2 aromatic rings. The summed E-state index contributed by atoms with van der Waals surface area (Å²) < 4.78 is 5.00. The van der Waals surface area contributed by atoms with Gasteiger partial charge in [0.2, 0.25) is 0 Å². The molecule has 0 bridgehead atoms. The topological polar surface area (TPSA) is 98.5 Å². The maximum Gasteiger partial charge on any atom is 0.280 e. The molecule has 0 unspecified atom stereocenters. The number of nitro benzene ring substituents is 1. The van der Waals surface area contributed by atoms with Crippen LogP contribution in [-0.2, 0) is 0 Å². The Morgan fingerprint density at radius 2 is 1.88 bits per heavy atom. The number of nitrogens with zero attached hydrogens (tertiary/aromatic N) is 1. The molecule has 0 aliphatic carbocycles. The van der Waals surface area contributed by atoms with Gasteiger partial charge in [-0.15, -0.1) is 0 Å². The van der Waals surface area contributed by atoms with Crippen LogP contribution in [0.5, 0.6) is 5.75 Å². The minimum absolute atomic E-state index is 0.0340. The van der Waals surface area contributed by atoms with Gasteiger partial charge in [0.1, 0.15) is 5.75 Å². The molecule has 7 heteroatoms. The van der Waals surface area contributed by atoms with Gasteiger partial charge in [-0.2, -0.15) is 0 Å². The van der Waals surface area contributed by atoms with Crippen LogP contribution in [-0.4, -0.2) is 30.3 Å². The van der Waals surface area contributed by atoms with Gasteiger partial charge in [-0.3, -0.25) is 19.7 Å². The first-order valence-electron chi connectivity index (χ1n) is 7.22. The molecule has 0 atom stereocenters. The van der Waals surface area contributed by atoms with Crippen LogP contribution in [0.3, 0.4) is 0 Å². The molecule has 0 aliphatic heterocycles. The van der Waals surface area contributed by atoms with Crippen molar-refractivity contribution < 1.29 is 19.2 Å². The molecule has 1 N–H and O–H groups in total. The van der Waals surface area contributed by atoms with Crippen molar-refractivity contribution in [2.75, 3.05) is 13.7 Å². The zero-order valence-electron chi connectivity index (χ0n) is 13.0.